The average molecular weight is 410 g/mol. The summed E-state index contributed by atoms with van der Waals surface area (Å²) >= 11 is 0. The molecule has 1 N–H and O–H groups in total. The lowest BCUT2D eigenvalue weighted by molar-refractivity contribution is -0.135. The SMILES string of the molecule is CCc1ccccc1NC(=O)CN1CCN(C(=O)COc2ccc(C)c(C)c2)CC1. The van der Waals surface area contributed by atoms with Crippen molar-refractivity contribution in [2.75, 3.05) is 44.6 Å². The van der Waals surface area contributed by atoms with Crippen LogP contribution in [0.2, 0.25) is 0 Å². The fourth-order valence-corrected chi connectivity index (χ4v) is 3.54. The highest BCUT2D eigenvalue weighted by Crippen LogP contribution is 2.17. The summed E-state index contributed by atoms with van der Waals surface area (Å²) in [4.78, 5) is 28.8. The zero-order valence-electron chi connectivity index (χ0n) is 18.1. The average Bonchev–Trinajstić information content (AvgIpc) is 2.75. The van der Waals surface area contributed by atoms with Gasteiger partial charge in [0.15, 0.2) is 6.61 Å². The van der Waals surface area contributed by atoms with Crippen LogP contribution >= 0.6 is 0 Å². The second-order valence-electron chi connectivity index (χ2n) is 7.75. The number of benzene rings is 2. The van der Waals surface area contributed by atoms with E-state index in [1.54, 1.807) is 0 Å². The van der Waals surface area contributed by atoms with Gasteiger partial charge in [-0.05, 0) is 55.2 Å². The largest absolute Gasteiger partial charge is 0.484 e. The number of para-hydroxylation sites is 1. The van der Waals surface area contributed by atoms with Crippen molar-refractivity contribution in [3.63, 3.8) is 0 Å². The second kappa shape index (κ2) is 10.3. The van der Waals surface area contributed by atoms with E-state index in [0.717, 1.165) is 23.2 Å². The van der Waals surface area contributed by atoms with Gasteiger partial charge in [0.25, 0.3) is 5.91 Å². The number of carbonyl (C=O) groups excluding carboxylic acids is 2. The van der Waals surface area contributed by atoms with Gasteiger partial charge in [-0.25, -0.2) is 0 Å². The molecule has 1 saturated heterocycles. The third-order valence-electron chi connectivity index (χ3n) is 5.61. The van der Waals surface area contributed by atoms with E-state index in [1.807, 2.05) is 61.2 Å². The quantitative estimate of drug-likeness (QED) is 0.764. The Balaban J connectivity index is 1.42. The molecule has 1 aliphatic rings. The first-order valence-electron chi connectivity index (χ1n) is 10.5. The van der Waals surface area contributed by atoms with Crippen LogP contribution in [0.4, 0.5) is 5.69 Å². The molecule has 0 aromatic heterocycles. The van der Waals surface area contributed by atoms with Crippen molar-refractivity contribution in [2.45, 2.75) is 27.2 Å². The smallest absolute Gasteiger partial charge is 0.260 e. The Labute approximate surface area is 178 Å². The Hall–Kier alpha value is -2.86. The molecular formula is C24H31N3O3. The van der Waals surface area contributed by atoms with Crippen LogP contribution < -0.4 is 10.1 Å². The van der Waals surface area contributed by atoms with Crippen molar-refractivity contribution in [3.8, 4) is 5.75 Å². The van der Waals surface area contributed by atoms with E-state index in [9.17, 15) is 9.59 Å². The van der Waals surface area contributed by atoms with Crippen LogP contribution in [0, 0.1) is 13.8 Å². The lowest BCUT2D eigenvalue weighted by atomic mass is 10.1. The summed E-state index contributed by atoms with van der Waals surface area (Å²) in [5.74, 6) is 0.678. The van der Waals surface area contributed by atoms with Crippen LogP contribution in [0.1, 0.15) is 23.6 Å². The fraction of sp³-hybridized carbons (Fsp3) is 0.417. The van der Waals surface area contributed by atoms with Crippen molar-refractivity contribution >= 4 is 17.5 Å². The second-order valence-corrected chi connectivity index (χ2v) is 7.75. The Kier molecular flexibility index (Phi) is 7.46. The predicted octanol–water partition coefficient (Wildman–Crippen LogP) is 3.03. The molecule has 0 bridgehead atoms. The molecule has 160 valence electrons. The Morgan fingerprint density at radius 3 is 2.43 bits per heavy atom. The summed E-state index contributed by atoms with van der Waals surface area (Å²) in [6.45, 7) is 9.09. The Bertz CT molecular complexity index is 889. The number of amides is 2. The molecule has 0 radical (unpaired) electrons. The van der Waals surface area contributed by atoms with Gasteiger partial charge >= 0.3 is 0 Å². The van der Waals surface area contributed by atoms with Crippen molar-refractivity contribution < 1.29 is 14.3 Å². The number of nitrogens with zero attached hydrogens (tertiary/aromatic N) is 2. The standard InChI is InChI=1S/C24H31N3O3/c1-4-20-7-5-6-8-22(20)25-23(28)16-26-11-13-27(14-12-26)24(29)17-30-21-10-9-18(2)19(3)15-21/h5-10,15H,4,11-14,16-17H2,1-3H3,(H,25,28). The lowest BCUT2D eigenvalue weighted by Gasteiger charge is -2.34. The third kappa shape index (κ3) is 5.83. The van der Waals surface area contributed by atoms with Crippen molar-refractivity contribution in [2.24, 2.45) is 0 Å². The monoisotopic (exact) mass is 409 g/mol. The Morgan fingerprint density at radius 1 is 1.00 bits per heavy atom. The molecule has 30 heavy (non-hydrogen) atoms. The first-order valence-corrected chi connectivity index (χ1v) is 10.5. The van der Waals surface area contributed by atoms with E-state index in [-0.39, 0.29) is 18.4 Å². The third-order valence-corrected chi connectivity index (χ3v) is 5.61. The molecule has 2 aromatic rings. The molecule has 1 fully saturated rings. The minimum Gasteiger partial charge on any atom is -0.484 e. The number of rotatable bonds is 7. The van der Waals surface area contributed by atoms with Gasteiger partial charge in [0.1, 0.15) is 5.75 Å². The van der Waals surface area contributed by atoms with Crippen LogP contribution in [-0.2, 0) is 16.0 Å². The Morgan fingerprint density at radius 2 is 1.73 bits per heavy atom. The molecular weight excluding hydrogens is 378 g/mol. The number of hydrogen-bond acceptors (Lipinski definition) is 4. The fourth-order valence-electron chi connectivity index (χ4n) is 3.54. The predicted molar refractivity (Wildman–Crippen MR) is 119 cm³/mol. The van der Waals surface area contributed by atoms with Gasteiger partial charge < -0.3 is 15.0 Å². The highest BCUT2D eigenvalue weighted by molar-refractivity contribution is 5.93. The van der Waals surface area contributed by atoms with E-state index in [0.29, 0.717) is 38.5 Å². The maximum atomic E-state index is 12.5. The molecule has 6 nitrogen and oxygen atoms in total. The molecule has 0 unspecified atom stereocenters. The van der Waals surface area contributed by atoms with Crippen LogP contribution in [0.3, 0.4) is 0 Å². The number of nitrogens with one attached hydrogen (secondary N) is 1. The molecule has 3 rings (SSSR count). The van der Waals surface area contributed by atoms with Crippen molar-refractivity contribution in [1.29, 1.82) is 0 Å². The van der Waals surface area contributed by atoms with Crippen LogP contribution in [-0.4, -0.2) is 60.9 Å². The highest BCUT2D eigenvalue weighted by Gasteiger charge is 2.23. The summed E-state index contributed by atoms with van der Waals surface area (Å²) in [6, 6.07) is 13.7. The van der Waals surface area contributed by atoms with Crippen LogP contribution in [0.15, 0.2) is 42.5 Å². The molecule has 0 spiro atoms. The van der Waals surface area contributed by atoms with Crippen molar-refractivity contribution in [1.82, 2.24) is 9.80 Å². The van der Waals surface area contributed by atoms with E-state index in [1.165, 1.54) is 5.56 Å². The first-order chi connectivity index (χ1) is 14.5. The maximum Gasteiger partial charge on any atom is 0.260 e. The van der Waals surface area contributed by atoms with Gasteiger partial charge in [0.05, 0.1) is 6.54 Å². The number of ether oxygens (including phenoxy) is 1. The van der Waals surface area contributed by atoms with Gasteiger partial charge in [-0.15, -0.1) is 0 Å². The maximum absolute atomic E-state index is 12.5. The first kappa shape index (κ1) is 21.8. The van der Waals surface area contributed by atoms with Gasteiger partial charge in [0.2, 0.25) is 5.91 Å². The molecule has 6 heteroatoms. The normalized spacial score (nSPS) is 14.4. The van der Waals surface area contributed by atoms with E-state index in [4.69, 9.17) is 4.74 Å². The van der Waals surface area contributed by atoms with Crippen LogP contribution in [0.25, 0.3) is 0 Å². The minimum atomic E-state index is -0.0197. The van der Waals surface area contributed by atoms with Crippen molar-refractivity contribution in [3.05, 3.63) is 59.2 Å². The van der Waals surface area contributed by atoms with Crippen LogP contribution in [0.5, 0.6) is 5.75 Å². The number of carbonyl (C=O) groups is 2. The molecule has 0 atom stereocenters. The summed E-state index contributed by atoms with van der Waals surface area (Å²) in [7, 11) is 0. The number of anilines is 1. The van der Waals surface area contributed by atoms with E-state index >= 15 is 0 Å². The van der Waals surface area contributed by atoms with Gasteiger partial charge in [-0.2, -0.15) is 0 Å². The summed E-state index contributed by atoms with van der Waals surface area (Å²) in [5, 5.41) is 3.01. The number of aryl methyl sites for hydroxylation is 3. The molecule has 0 aliphatic carbocycles. The van der Waals surface area contributed by atoms with Gasteiger partial charge in [0, 0.05) is 31.9 Å². The molecule has 0 saturated carbocycles. The summed E-state index contributed by atoms with van der Waals surface area (Å²) < 4.78 is 5.67. The molecule has 2 amide bonds. The van der Waals surface area contributed by atoms with Gasteiger partial charge in [-0.1, -0.05) is 31.2 Å². The topological polar surface area (TPSA) is 61.9 Å². The summed E-state index contributed by atoms with van der Waals surface area (Å²) in [5.41, 5.74) is 4.35. The number of piperazine rings is 1. The lowest BCUT2D eigenvalue weighted by Crippen LogP contribution is -2.51. The van der Waals surface area contributed by atoms with Gasteiger partial charge in [-0.3, -0.25) is 14.5 Å². The highest BCUT2D eigenvalue weighted by atomic mass is 16.5. The zero-order chi connectivity index (χ0) is 21.5. The number of hydrogen-bond donors (Lipinski definition) is 1. The molecule has 1 heterocycles. The molecule has 2 aromatic carbocycles. The zero-order valence-corrected chi connectivity index (χ0v) is 18.1. The van der Waals surface area contributed by atoms with E-state index < -0.39 is 0 Å². The minimum absolute atomic E-state index is 0.0193. The molecule has 1 aliphatic heterocycles. The van der Waals surface area contributed by atoms with E-state index in [2.05, 4.69) is 17.1 Å². The summed E-state index contributed by atoms with van der Waals surface area (Å²) in [6.07, 6.45) is 0.876.